The number of methoxy groups -OCH3 is 1. The van der Waals surface area contributed by atoms with Gasteiger partial charge in [0.1, 0.15) is 4.88 Å². The number of esters is 1. The maximum atomic E-state index is 12.3. The molecule has 0 aliphatic carbocycles. The largest absolute Gasteiger partial charge is 0.465 e. The van der Waals surface area contributed by atoms with E-state index in [1.54, 1.807) is 16.3 Å². The Morgan fingerprint density at radius 1 is 1.19 bits per heavy atom. The molecule has 2 rings (SSSR count). The Hall–Kier alpha value is -2.13. The van der Waals surface area contributed by atoms with Gasteiger partial charge in [-0.2, -0.15) is 0 Å². The summed E-state index contributed by atoms with van der Waals surface area (Å²) >= 11 is 1.23. The Labute approximate surface area is 157 Å². The molecule has 0 aromatic carbocycles. The van der Waals surface area contributed by atoms with Crippen molar-refractivity contribution in [1.82, 2.24) is 14.7 Å². The van der Waals surface area contributed by atoms with Crippen molar-refractivity contribution in [2.75, 3.05) is 58.2 Å². The van der Waals surface area contributed by atoms with Gasteiger partial charge in [0.05, 0.1) is 19.3 Å². The van der Waals surface area contributed by atoms with E-state index in [-0.39, 0.29) is 18.5 Å². The van der Waals surface area contributed by atoms with Crippen LogP contribution in [0.25, 0.3) is 0 Å². The molecule has 3 amide bonds. The third kappa shape index (κ3) is 4.95. The SMILES string of the molecule is CCN(CC)C(=O)N1CCN(CC(=O)Nc2ccsc2C(=O)OC)CC1. The van der Waals surface area contributed by atoms with E-state index in [2.05, 4.69) is 5.32 Å². The van der Waals surface area contributed by atoms with Crippen molar-refractivity contribution in [3.8, 4) is 0 Å². The van der Waals surface area contributed by atoms with Crippen LogP contribution in [0.15, 0.2) is 11.4 Å². The van der Waals surface area contributed by atoms with Crippen LogP contribution in [0.2, 0.25) is 0 Å². The molecule has 0 radical (unpaired) electrons. The molecule has 0 spiro atoms. The number of piperazine rings is 1. The van der Waals surface area contributed by atoms with Crippen molar-refractivity contribution in [2.45, 2.75) is 13.8 Å². The molecule has 1 fully saturated rings. The average molecular weight is 382 g/mol. The summed E-state index contributed by atoms with van der Waals surface area (Å²) in [7, 11) is 1.31. The predicted octanol–water partition coefficient (Wildman–Crippen LogP) is 1.55. The van der Waals surface area contributed by atoms with Gasteiger partial charge in [-0.1, -0.05) is 0 Å². The molecule has 1 aromatic heterocycles. The molecule has 0 saturated carbocycles. The number of carbonyl (C=O) groups is 3. The zero-order valence-electron chi connectivity index (χ0n) is 15.5. The van der Waals surface area contributed by atoms with Crippen LogP contribution in [0.4, 0.5) is 10.5 Å². The van der Waals surface area contributed by atoms with E-state index in [1.165, 1.54) is 18.4 Å². The van der Waals surface area contributed by atoms with Gasteiger partial charge in [0.25, 0.3) is 0 Å². The fraction of sp³-hybridized carbons (Fsp3) is 0.588. The lowest BCUT2D eigenvalue weighted by Crippen LogP contribution is -2.53. The lowest BCUT2D eigenvalue weighted by Gasteiger charge is -2.36. The highest BCUT2D eigenvalue weighted by Crippen LogP contribution is 2.23. The van der Waals surface area contributed by atoms with Crippen LogP contribution in [0.5, 0.6) is 0 Å². The zero-order valence-corrected chi connectivity index (χ0v) is 16.3. The van der Waals surface area contributed by atoms with Gasteiger partial charge in [0.15, 0.2) is 0 Å². The number of nitrogens with zero attached hydrogens (tertiary/aromatic N) is 3. The number of rotatable bonds is 6. The Bertz CT molecular complexity index is 636. The van der Waals surface area contributed by atoms with Crippen molar-refractivity contribution in [3.05, 3.63) is 16.3 Å². The first-order valence-electron chi connectivity index (χ1n) is 8.72. The Balaban J connectivity index is 1.82. The zero-order chi connectivity index (χ0) is 19.1. The molecule has 1 aromatic rings. The summed E-state index contributed by atoms with van der Waals surface area (Å²) in [5, 5.41) is 4.50. The molecular formula is C17H26N4O4S. The van der Waals surface area contributed by atoms with Gasteiger partial charge in [-0.25, -0.2) is 9.59 Å². The molecule has 0 atom stereocenters. The van der Waals surface area contributed by atoms with Crippen molar-refractivity contribution in [3.63, 3.8) is 0 Å². The van der Waals surface area contributed by atoms with E-state index in [1.807, 2.05) is 23.6 Å². The third-order valence-corrected chi connectivity index (χ3v) is 5.25. The first-order valence-corrected chi connectivity index (χ1v) is 9.59. The van der Waals surface area contributed by atoms with Crippen LogP contribution in [0.1, 0.15) is 23.5 Å². The summed E-state index contributed by atoms with van der Waals surface area (Å²) in [5.41, 5.74) is 0.474. The molecule has 9 heteroatoms. The highest BCUT2D eigenvalue weighted by Gasteiger charge is 2.25. The Kier molecular flexibility index (Phi) is 7.40. The average Bonchev–Trinajstić information content (AvgIpc) is 3.10. The second kappa shape index (κ2) is 9.54. The van der Waals surface area contributed by atoms with Crippen molar-refractivity contribution in [1.29, 1.82) is 0 Å². The molecule has 0 unspecified atom stereocenters. The minimum Gasteiger partial charge on any atom is -0.465 e. The summed E-state index contributed by atoms with van der Waals surface area (Å²) in [4.78, 5) is 42.3. The second-order valence-corrected chi connectivity index (χ2v) is 6.84. The second-order valence-electron chi connectivity index (χ2n) is 5.92. The summed E-state index contributed by atoms with van der Waals surface area (Å²) in [5.74, 6) is -0.643. The van der Waals surface area contributed by atoms with E-state index in [4.69, 9.17) is 4.74 Å². The van der Waals surface area contributed by atoms with Gasteiger partial charge in [-0.15, -0.1) is 11.3 Å². The minimum atomic E-state index is -0.459. The molecule has 26 heavy (non-hydrogen) atoms. The summed E-state index contributed by atoms with van der Waals surface area (Å²) in [6.07, 6.45) is 0. The highest BCUT2D eigenvalue weighted by atomic mass is 32.1. The molecule has 1 saturated heterocycles. The van der Waals surface area contributed by atoms with Crippen LogP contribution in [-0.4, -0.2) is 85.5 Å². The number of urea groups is 1. The van der Waals surface area contributed by atoms with E-state index in [0.717, 1.165) is 0 Å². The highest BCUT2D eigenvalue weighted by molar-refractivity contribution is 7.12. The molecule has 1 aliphatic heterocycles. The monoisotopic (exact) mass is 382 g/mol. The number of anilines is 1. The van der Waals surface area contributed by atoms with E-state index in [0.29, 0.717) is 49.8 Å². The standard InChI is InChI=1S/C17H26N4O4S/c1-4-20(5-2)17(24)21-9-7-19(8-10-21)12-14(22)18-13-6-11-26-15(13)16(23)25-3/h6,11H,4-5,7-10,12H2,1-3H3,(H,18,22). The maximum Gasteiger partial charge on any atom is 0.350 e. The van der Waals surface area contributed by atoms with Crippen LogP contribution in [-0.2, 0) is 9.53 Å². The molecule has 0 bridgehead atoms. The van der Waals surface area contributed by atoms with Gasteiger partial charge in [-0.3, -0.25) is 9.69 Å². The van der Waals surface area contributed by atoms with Crippen LogP contribution in [0, 0.1) is 0 Å². The molecule has 2 heterocycles. The number of amides is 3. The summed E-state index contributed by atoms with van der Waals surface area (Å²) in [6.45, 7) is 8.06. The molecule has 1 N–H and O–H groups in total. The van der Waals surface area contributed by atoms with Gasteiger partial charge < -0.3 is 19.9 Å². The summed E-state index contributed by atoms with van der Waals surface area (Å²) in [6, 6.07) is 1.75. The van der Waals surface area contributed by atoms with Crippen LogP contribution >= 0.6 is 11.3 Å². The minimum absolute atomic E-state index is 0.0556. The molecule has 1 aliphatic rings. The van der Waals surface area contributed by atoms with Gasteiger partial charge in [0, 0.05) is 39.3 Å². The van der Waals surface area contributed by atoms with E-state index in [9.17, 15) is 14.4 Å². The van der Waals surface area contributed by atoms with Crippen molar-refractivity contribution < 1.29 is 19.1 Å². The van der Waals surface area contributed by atoms with Gasteiger partial charge >= 0.3 is 12.0 Å². The number of hydrogen-bond acceptors (Lipinski definition) is 6. The first kappa shape index (κ1) is 20.2. The number of ether oxygens (including phenoxy) is 1. The normalized spacial score (nSPS) is 14.8. The first-order chi connectivity index (χ1) is 12.5. The third-order valence-electron chi connectivity index (χ3n) is 4.35. The quantitative estimate of drug-likeness (QED) is 0.755. The Morgan fingerprint density at radius 2 is 1.85 bits per heavy atom. The smallest absolute Gasteiger partial charge is 0.350 e. The van der Waals surface area contributed by atoms with Gasteiger partial charge in [0.2, 0.25) is 5.91 Å². The van der Waals surface area contributed by atoms with Crippen molar-refractivity contribution in [2.24, 2.45) is 0 Å². The van der Waals surface area contributed by atoms with Gasteiger partial charge in [-0.05, 0) is 25.3 Å². The number of nitrogens with one attached hydrogen (secondary N) is 1. The van der Waals surface area contributed by atoms with Crippen molar-refractivity contribution >= 4 is 34.9 Å². The number of carbonyl (C=O) groups excluding carboxylic acids is 3. The van der Waals surface area contributed by atoms with E-state index < -0.39 is 5.97 Å². The molecular weight excluding hydrogens is 356 g/mol. The maximum absolute atomic E-state index is 12.3. The van der Waals surface area contributed by atoms with Crippen LogP contribution < -0.4 is 5.32 Å². The molecule has 8 nitrogen and oxygen atoms in total. The molecule has 144 valence electrons. The topological polar surface area (TPSA) is 82.2 Å². The predicted molar refractivity (Wildman–Crippen MR) is 101 cm³/mol. The lowest BCUT2D eigenvalue weighted by atomic mass is 10.3. The number of hydrogen-bond donors (Lipinski definition) is 1. The van der Waals surface area contributed by atoms with E-state index >= 15 is 0 Å². The fourth-order valence-electron chi connectivity index (χ4n) is 2.84. The Morgan fingerprint density at radius 3 is 2.42 bits per heavy atom. The van der Waals surface area contributed by atoms with Crippen LogP contribution in [0.3, 0.4) is 0 Å². The number of thiophene rings is 1. The fourth-order valence-corrected chi connectivity index (χ4v) is 3.61. The lowest BCUT2D eigenvalue weighted by molar-refractivity contribution is -0.117. The summed E-state index contributed by atoms with van der Waals surface area (Å²) < 4.78 is 4.71.